The molecule has 0 radical (unpaired) electrons. The number of aliphatic hydroxyl groups excluding tert-OH is 1. The lowest BCUT2D eigenvalue weighted by molar-refractivity contribution is 0.331. The molecule has 0 heterocycles. The van der Waals surface area contributed by atoms with E-state index >= 15 is 0 Å². The first-order valence-electron chi connectivity index (χ1n) is 3.77. The maximum absolute atomic E-state index is 8.65. The van der Waals surface area contributed by atoms with E-state index in [-0.39, 0.29) is 6.61 Å². The number of hydrogen-bond acceptors (Lipinski definition) is 1. The van der Waals surface area contributed by atoms with Crippen molar-refractivity contribution in [3.63, 3.8) is 0 Å². The van der Waals surface area contributed by atoms with Gasteiger partial charge in [-0.2, -0.15) is 0 Å². The molecule has 0 fully saturated rings. The first-order chi connectivity index (χ1) is 5.20. The van der Waals surface area contributed by atoms with Crippen LogP contribution in [0.25, 0.3) is 0 Å². The molecule has 0 aliphatic heterocycles. The molecule has 0 unspecified atom stereocenters. The first kappa shape index (κ1) is 10.2. The second-order valence-electron chi connectivity index (χ2n) is 2.61. The van der Waals surface area contributed by atoms with Crippen LogP contribution in [0.1, 0.15) is 19.8 Å². The molecule has 0 saturated carbocycles. The summed E-state index contributed by atoms with van der Waals surface area (Å²) in [7, 11) is 0. The molecule has 0 amide bonds. The molecule has 0 rings (SSSR count). The molecular formula is C10H16O. The SMILES string of the molecule is C=CC(=C)CC/C=C(/C)CO. The molecular weight excluding hydrogens is 136 g/mol. The first-order valence-corrected chi connectivity index (χ1v) is 3.77. The molecule has 0 spiro atoms. The average molecular weight is 152 g/mol. The summed E-state index contributed by atoms with van der Waals surface area (Å²) in [4.78, 5) is 0. The van der Waals surface area contributed by atoms with Crippen LogP contribution in [0.3, 0.4) is 0 Å². The third-order valence-electron chi connectivity index (χ3n) is 1.50. The van der Waals surface area contributed by atoms with Gasteiger partial charge in [0, 0.05) is 0 Å². The van der Waals surface area contributed by atoms with E-state index in [0.717, 1.165) is 24.0 Å². The van der Waals surface area contributed by atoms with Crippen molar-refractivity contribution in [1.82, 2.24) is 0 Å². The molecule has 1 heteroatoms. The second-order valence-corrected chi connectivity index (χ2v) is 2.61. The Morgan fingerprint density at radius 3 is 2.64 bits per heavy atom. The van der Waals surface area contributed by atoms with Crippen molar-refractivity contribution in [2.75, 3.05) is 6.61 Å². The van der Waals surface area contributed by atoms with Crippen LogP contribution in [0.15, 0.2) is 36.5 Å². The largest absolute Gasteiger partial charge is 0.392 e. The van der Waals surface area contributed by atoms with E-state index in [1.165, 1.54) is 0 Å². The minimum Gasteiger partial charge on any atom is -0.392 e. The highest BCUT2D eigenvalue weighted by atomic mass is 16.3. The molecule has 0 atom stereocenters. The van der Waals surface area contributed by atoms with Crippen molar-refractivity contribution < 1.29 is 5.11 Å². The lowest BCUT2D eigenvalue weighted by Crippen LogP contribution is -1.83. The molecule has 11 heavy (non-hydrogen) atoms. The fourth-order valence-electron chi connectivity index (χ4n) is 0.671. The van der Waals surface area contributed by atoms with Gasteiger partial charge in [0.15, 0.2) is 0 Å². The standard InChI is InChI=1S/C10H16O/c1-4-9(2)6-5-7-10(3)8-11/h4,7,11H,1-2,5-6,8H2,3H3/b10-7-. The van der Waals surface area contributed by atoms with Gasteiger partial charge in [-0.05, 0) is 19.8 Å². The van der Waals surface area contributed by atoms with Gasteiger partial charge in [-0.25, -0.2) is 0 Å². The van der Waals surface area contributed by atoms with E-state index in [1.54, 1.807) is 6.08 Å². The molecule has 0 aliphatic carbocycles. The van der Waals surface area contributed by atoms with E-state index in [1.807, 2.05) is 13.0 Å². The highest BCUT2D eigenvalue weighted by molar-refractivity contribution is 5.12. The predicted molar refractivity (Wildman–Crippen MR) is 49.4 cm³/mol. The molecule has 62 valence electrons. The summed E-state index contributed by atoms with van der Waals surface area (Å²) in [6, 6.07) is 0. The van der Waals surface area contributed by atoms with Crippen LogP contribution >= 0.6 is 0 Å². The molecule has 0 aromatic carbocycles. The lowest BCUT2D eigenvalue weighted by Gasteiger charge is -1.96. The molecule has 0 saturated heterocycles. The van der Waals surface area contributed by atoms with Gasteiger partial charge in [-0.1, -0.05) is 36.5 Å². The van der Waals surface area contributed by atoms with Crippen LogP contribution < -0.4 is 0 Å². The van der Waals surface area contributed by atoms with Crippen LogP contribution in [-0.4, -0.2) is 11.7 Å². The van der Waals surface area contributed by atoms with Crippen LogP contribution in [0.2, 0.25) is 0 Å². The van der Waals surface area contributed by atoms with Gasteiger partial charge in [0.25, 0.3) is 0 Å². The Balaban J connectivity index is 3.55. The van der Waals surface area contributed by atoms with E-state index in [2.05, 4.69) is 13.2 Å². The zero-order valence-electron chi connectivity index (χ0n) is 7.14. The minimum atomic E-state index is 0.153. The molecule has 1 N–H and O–H groups in total. The molecule has 0 aromatic rings. The van der Waals surface area contributed by atoms with Crippen molar-refractivity contribution in [1.29, 1.82) is 0 Å². The maximum Gasteiger partial charge on any atom is 0.0639 e. The Morgan fingerprint density at radius 2 is 2.18 bits per heavy atom. The highest BCUT2D eigenvalue weighted by Crippen LogP contribution is 2.05. The molecule has 0 aliphatic rings. The average Bonchev–Trinajstić information content (AvgIpc) is 2.04. The smallest absolute Gasteiger partial charge is 0.0639 e. The lowest BCUT2D eigenvalue weighted by atomic mass is 10.1. The topological polar surface area (TPSA) is 20.2 Å². The van der Waals surface area contributed by atoms with Crippen LogP contribution in [0.4, 0.5) is 0 Å². The Kier molecular flexibility index (Phi) is 5.49. The third kappa shape index (κ3) is 5.62. The Bertz CT molecular complexity index is 166. The summed E-state index contributed by atoms with van der Waals surface area (Å²) in [6.07, 6.45) is 5.66. The fraction of sp³-hybridized carbons (Fsp3) is 0.400. The monoisotopic (exact) mass is 152 g/mol. The zero-order chi connectivity index (χ0) is 8.69. The number of hydrogen-bond donors (Lipinski definition) is 1. The van der Waals surface area contributed by atoms with Crippen molar-refractivity contribution >= 4 is 0 Å². The van der Waals surface area contributed by atoms with Crippen molar-refractivity contribution in [2.24, 2.45) is 0 Å². The third-order valence-corrected chi connectivity index (χ3v) is 1.50. The van der Waals surface area contributed by atoms with Crippen LogP contribution in [0, 0.1) is 0 Å². The van der Waals surface area contributed by atoms with Crippen molar-refractivity contribution in [3.8, 4) is 0 Å². The summed E-state index contributed by atoms with van der Waals surface area (Å²) in [5, 5.41) is 8.65. The fourth-order valence-corrected chi connectivity index (χ4v) is 0.671. The number of aliphatic hydroxyl groups is 1. The summed E-state index contributed by atoms with van der Waals surface area (Å²) in [6.45, 7) is 9.46. The van der Waals surface area contributed by atoms with E-state index < -0.39 is 0 Å². The summed E-state index contributed by atoms with van der Waals surface area (Å²) < 4.78 is 0. The van der Waals surface area contributed by atoms with Gasteiger partial charge in [0.05, 0.1) is 6.61 Å². The van der Waals surface area contributed by atoms with Gasteiger partial charge < -0.3 is 5.11 Å². The van der Waals surface area contributed by atoms with Gasteiger partial charge in [0.1, 0.15) is 0 Å². The van der Waals surface area contributed by atoms with Crippen molar-refractivity contribution in [2.45, 2.75) is 19.8 Å². The van der Waals surface area contributed by atoms with Crippen LogP contribution in [-0.2, 0) is 0 Å². The van der Waals surface area contributed by atoms with Gasteiger partial charge in [-0.15, -0.1) is 0 Å². The summed E-state index contributed by atoms with van der Waals surface area (Å²) in [5.41, 5.74) is 2.06. The Labute approximate surface area is 68.7 Å². The number of allylic oxidation sites excluding steroid dienone is 3. The second kappa shape index (κ2) is 5.93. The van der Waals surface area contributed by atoms with Crippen molar-refractivity contribution in [3.05, 3.63) is 36.5 Å². The van der Waals surface area contributed by atoms with Crippen LogP contribution in [0.5, 0.6) is 0 Å². The van der Waals surface area contributed by atoms with E-state index in [0.29, 0.717) is 0 Å². The molecule has 0 bridgehead atoms. The maximum atomic E-state index is 8.65. The van der Waals surface area contributed by atoms with Gasteiger partial charge in [0.2, 0.25) is 0 Å². The minimum absolute atomic E-state index is 0.153. The molecule has 1 nitrogen and oxygen atoms in total. The Hall–Kier alpha value is -0.820. The predicted octanol–water partition coefficient (Wildman–Crippen LogP) is 2.45. The summed E-state index contributed by atoms with van der Waals surface area (Å²) >= 11 is 0. The van der Waals surface area contributed by atoms with Gasteiger partial charge >= 0.3 is 0 Å². The molecule has 0 aromatic heterocycles. The number of rotatable bonds is 5. The van der Waals surface area contributed by atoms with E-state index in [9.17, 15) is 0 Å². The van der Waals surface area contributed by atoms with Gasteiger partial charge in [-0.3, -0.25) is 0 Å². The highest BCUT2D eigenvalue weighted by Gasteiger charge is 1.87. The summed E-state index contributed by atoms with van der Waals surface area (Å²) in [5.74, 6) is 0. The normalized spacial score (nSPS) is 11.3. The quantitative estimate of drug-likeness (QED) is 0.474. The van der Waals surface area contributed by atoms with E-state index in [4.69, 9.17) is 5.11 Å². The zero-order valence-corrected chi connectivity index (χ0v) is 7.14. The Morgan fingerprint density at radius 1 is 1.55 bits per heavy atom.